The average Bonchev–Trinajstić information content (AvgIpc) is 2.78. The molecule has 4 rings (SSSR count). The van der Waals surface area contributed by atoms with Crippen molar-refractivity contribution in [3.8, 4) is 5.75 Å². The van der Waals surface area contributed by atoms with Gasteiger partial charge in [0.2, 0.25) is 5.91 Å². The summed E-state index contributed by atoms with van der Waals surface area (Å²) in [6, 6.07) is 21.2. The summed E-state index contributed by atoms with van der Waals surface area (Å²) in [4.78, 5) is 25.3. The van der Waals surface area contributed by atoms with Gasteiger partial charge in [0.15, 0.2) is 0 Å². The predicted molar refractivity (Wildman–Crippen MR) is 121 cm³/mol. The van der Waals surface area contributed by atoms with Crippen LogP contribution < -0.4 is 15.4 Å². The lowest BCUT2D eigenvalue weighted by molar-refractivity contribution is -0.126. The first-order valence-corrected chi connectivity index (χ1v) is 10.5. The van der Waals surface area contributed by atoms with E-state index in [-0.39, 0.29) is 17.7 Å². The number of carbonyl (C=O) groups excluding carboxylic acids is 2. The van der Waals surface area contributed by atoms with E-state index in [1.165, 1.54) is 5.56 Å². The van der Waals surface area contributed by atoms with Crippen LogP contribution in [-0.2, 0) is 17.8 Å². The second kappa shape index (κ2) is 9.04. The molecule has 0 spiro atoms. The first kappa shape index (κ1) is 20.7. The summed E-state index contributed by atoms with van der Waals surface area (Å²) in [5.41, 5.74) is 5.44. The molecule has 0 fully saturated rings. The monoisotopic (exact) mass is 414 g/mol. The second-order valence-corrected chi connectivity index (χ2v) is 8.01. The summed E-state index contributed by atoms with van der Waals surface area (Å²) in [6.07, 6.45) is 0.573. The standard InChI is InChI=1S/C26H26N2O3/c1-17-7-9-19(10-8-17)15-27-25(29)21-13-20-14-22(11-12-24(20)31-16-21)28-26(30)23-6-4-3-5-18(23)2/h3-12,14,21H,13,15-16H2,1-2H3,(H,27,29)(H,28,30)/t21-/m1/s1. The molecular weight excluding hydrogens is 388 g/mol. The zero-order valence-corrected chi connectivity index (χ0v) is 17.8. The van der Waals surface area contributed by atoms with Crippen molar-refractivity contribution in [1.29, 1.82) is 0 Å². The van der Waals surface area contributed by atoms with E-state index in [1.54, 1.807) is 6.07 Å². The van der Waals surface area contributed by atoms with Crippen molar-refractivity contribution in [1.82, 2.24) is 5.32 Å². The third kappa shape index (κ3) is 4.94. The molecule has 2 amide bonds. The first-order chi connectivity index (χ1) is 15.0. The minimum Gasteiger partial charge on any atom is -0.492 e. The Morgan fingerprint density at radius 2 is 1.77 bits per heavy atom. The molecule has 158 valence electrons. The number of ether oxygens (including phenoxy) is 1. The van der Waals surface area contributed by atoms with Gasteiger partial charge >= 0.3 is 0 Å². The Labute approximate surface area is 182 Å². The van der Waals surface area contributed by atoms with Crippen LogP contribution >= 0.6 is 0 Å². The highest BCUT2D eigenvalue weighted by Gasteiger charge is 2.26. The molecule has 1 heterocycles. The van der Waals surface area contributed by atoms with Crippen LogP contribution in [0.4, 0.5) is 5.69 Å². The SMILES string of the molecule is Cc1ccc(CNC(=O)[C@H]2COc3ccc(NC(=O)c4ccccc4C)cc3C2)cc1. The summed E-state index contributed by atoms with van der Waals surface area (Å²) in [5.74, 6) is 0.319. The fourth-order valence-electron chi connectivity index (χ4n) is 3.71. The average molecular weight is 415 g/mol. The van der Waals surface area contributed by atoms with Gasteiger partial charge in [-0.3, -0.25) is 9.59 Å². The fraction of sp³-hybridized carbons (Fsp3) is 0.231. The highest BCUT2D eigenvalue weighted by molar-refractivity contribution is 6.05. The van der Waals surface area contributed by atoms with Crippen molar-refractivity contribution < 1.29 is 14.3 Å². The van der Waals surface area contributed by atoms with Crippen LogP contribution in [0.5, 0.6) is 5.75 Å². The number of hydrogen-bond donors (Lipinski definition) is 2. The lowest BCUT2D eigenvalue weighted by atomic mass is 9.95. The lowest BCUT2D eigenvalue weighted by Crippen LogP contribution is -2.37. The number of amides is 2. The van der Waals surface area contributed by atoms with Crippen molar-refractivity contribution in [2.24, 2.45) is 5.92 Å². The number of aryl methyl sites for hydroxylation is 2. The van der Waals surface area contributed by atoms with Crippen LogP contribution in [0.25, 0.3) is 0 Å². The molecule has 5 nitrogen and oxygen atoms in total. The Kier molecular flexibility index (Phi) is 6.03. The largest absolute Gasteiger partial charge is 0.492 e. The molecule has 0 saturated heterocycles. The number of fused-ring (bicyclic) bond motifs is 1. The summed E-state index contributed by atoms with van der Waals surface area (Å²) in [5, 5.41) is 5.95. The molecule has 1 aliphatic rings. The summed E-state index contributed by atoms with van der Waals surface area (Å²) < 4.78 is 5.82. The molecule has 3 aromatic carbocycles. The number of anilines is 1. The molecule has 0 aromatic heterocycles. The van der Waals surface area contributed by atoms with Crippen molar-refractivity contribution in [3.63, 3.8) is 0 Å². The second-order valence-electron chi connectivity index (χ2n) is 8.01. The maximum absolute atomic E-state index is 12.7. The van der Waals surface area contributed by atoms with Crippen molar-refractivity contribution >= 4 is 17.5 Å². The number of benzene rings is 3. The highest BCUT2D eigenvalue weighted by atomic mass is 16.5. The highest BCUT2D eigenvalue weighted by Crippen LogP contribution is 2.30. The van der Waals surface area contributed by atoms with E-state index >= 15 is 0 Å². The normalized spacial score (nSPS) is 14.8. The van der Waals surface area contributed by atoms with Crippen molar-refractivity contribution in [2.45, 2.75) is 26.8 Å². The molecule has 0 bridgehead atoms. The molecular formula is C26H26N2O3. The van der Waals surface area contributed by atoms with Gasteiger partial charge in [-0.25, -0.2) is 0 Å². The molecule has 1 aliphatic heterocycles. The lowest BCUT2D eigenvalue weighted by Gasteiger charge is -2.25. The Bertz CT molecular complexity index is 1110. The van der Waals surface area contributed by atoms with Crippen LogP contribution in [0.1, 0.15) is 32.6 Å². The molecule has 0 radical (unpaired) electrons. The van der Waals surface area contributed by atoms with Gasteiger partial charge in [-0.15, -0.1) is 0 Å². The number of carbonyl (C=O) groups is 2. The van der Waals surface area contributed by atoms with Gasteiger partial charge < -0.3 is 15.4 Å². The van der Waals surface area contributed by atoms with Crippen LogP contribution in [0.2, 0.25) is 0 Å². The van der Waals surface area contributed by atoms with Crippen LogP contribution in [0, 0.1) is 19.8 Å². The van der Waals surface area contributed by atoms with Crippen LogP contribution in [0.15, 0.2) is 66.7 Å². The van der Waals surface area contributed by atoms with Gasteiger partial charge in [-0.1, -0.05) is 48.0 Å². The van der Waals surface area contributed by atoms with E-state index in [1.807, 2.05) is 74.5 Å². The molecule has 31 heavy (non-hydrogen) atoms. The summed E-state index contributed by atoms with van der Waals surface area (Å²) >= 11 is 0. The maximum atomic E-state index is 12.7. The van der Waals surface area contributed by atoms with Crippen LogP contribution in [-0.4, -0.2) is 18.4 Å². The van der Waals surface area contributed by atoms with Gasteiger partial charge in [-0.05, 0) is 61.2 Å². The Balaban J connectivity index is 1.40. The summed E-state index contributed by atoms with van der Waals surface area (Å²) in [7, 11) is 0. The van der Waals surface area contributed by atoms with Crippen molar-refractivity contribution in [2.75, 3.05) is 11.9 Å². The third-order valence-electron chi connectivity index (χ3n) is 5.57. The zero-order valence-electron chi connectivity index (χ0n) is 17.8. The van der Waals surface area contributed by atoms with E-state index in [4.69, 9.17) is 4.74 Å². The fourth-order valence-corrected chi connectivity index (χ4v) is 3.71. The molecule has 5 heteroatoms. The van der Waals surface area contributed by atoms with E-state index in [9.17, 15) is 9.59 Å². The van der Waals surface area contributed by atoms with E-state index in [2.05, 4.69) is 10.6 Å². The molecule has 3 aromatic rings. The van der Waals surface area contributed by atoms with E-state index in [0.29, 0.717) is 30.8 Å². The quantitative estimate of drug-likeness (QED) is 0.649. The first-order valence-electron chi connectivity index (χ1n) is 10.5. The molecule has 2 N–H and O–H groups in total. The van der Waals surface area contributed by atoms with Gasteiger partial charge in [0, 0.05) is 17.8 Å². The minimum absolute atomic E-state index is 0.0272. The molecule has 1 atom stereocenters. The number of rotatable bonds is 5. The van der Waals surface area contributed by atoms with Gasteiger partial charge in [0.25, 0.3) is 5.91 Å². The van der Waals surface area contributed by atoms with E-state index in [0.717, 1.165) is 22.4 Å². The van der Waals surface area contributed by atoms with Crippen molar-refractivity contribution in [3.05, 3.63) is 94.5 Å². The number of nitrogens with one attached hydrogen (secondary N) is 2. The third-order valence-corrected chi connectivity index (χ3v) is 5.57. The van der Waals surface area contributed by atoms with Gasteiger partial charge in [-0.2, -0.15) is 0 Å². The number of hydrogen-bond acceptors (Lipinski definition) is 3. The topological polar surface area (TPSA) is 67.4 Å². The zero-order chi connectivity index (χ0) is 21.8. The van der Waals surface area contributed by atoms with Gasteiger partial charge in [0.1, 0.15) is 12.4 Å². The van der Waals surface area contributed by atoms with Crippen LogP contribution in [0.3, 0.4) is 0 Å². The smallest absolute Gasteiger partial charge is 0.255 e. The minimum atomic E-state index is -0.264. The van der Waals surface area contributed by atoms with Gasteiger partial charge in [0.05, 0.1) is 5.92 Å². The summed E-state index contributed by atoms with van der Waals surface area (Å²) in [6.45, 7) is 4.79. The van der Waals surface area contributed by atoms with E-state index < -0.39 is 0 Å². The maximum Gasteiger partial charge on any atom is 0.255 e. The predicted octanol–water partition coefficient (Wildman–Crippen LogP) is 4.42. The Morgan fingerprint density at radius 1 is 1.00 bits per heavy atom. The molecule has 0 aliphatic carbocycles. The molecule has 0 saturated carbocycles. The Morgan fingerprint density at radius 3 is 2.55 bits per heavy atom. The Hall–Kier alpha value is -3.60. The molecule has 0 unspecified atom stereocenters.